The summed E-state index contributed by atoms with van der Waals surface area (Å²) in [6, 6.07) is 0. The Balaban J connectivity index is 0.000000541. The molecule has 0 aromatic rings. The Hall–Kier alpha value is -4.50. The number of cyclic esters (lactones) is 2. The number of hydrogen-bond donors (Lipinski definition) is 2. The highest BCUT2D eigenvalue weighted by atomic mass is 28.4. The van der Waals surface area contributed by atoms with Crippen LogP contribution in [0, 0.1) is 98.1 Å². The van der Waals surface area contributed by atoms with Gasteiger partial charge in [0.25, 0.3) is 0 Å². The number of carbonyl (C=O) groups is 12. The van der Waals surface area contributed by atoms with Crippen molar-refractivity contribution in [1.82, 2.24) is 0 Å². The summed E-state index contributed by atoms with van der Waals surface area (Å²) >= 11 is 0. The Bertz CT molecular complexity index is 3630. The maximum atomic E-state index is 14.7. The van der Waals surface area contributed by atoms with E-state index in [1.165, 1.54) is 66.1 Å². The molecule has 2 saturated carbocycles. The lowest BCUT2D eigenvalue weighted by molar-refractivity contribution is -0.181. The standard InChI is InChI=1S/C52H92O14Si4.C40H78O11Si4/c1-18-32(3)41(53)64-49(8,9)20-21-50(10,11)65-42(54)34(19-2)26-51(12,46(58)59)27-52(13,47(60)66-48(5,6)7)40-39(44(56)63-45(40)57)38-33(4)36-24-35(38)25-37(36)43(55)61-22-23-62-70(17)30-68(15)28-67(14)29-69(16)31-70;1-16-29(3)32(41)48-23-38(8,9)24-49-34(43)31(17-2)21-39(10,35(44)45)22-40(11,36(46)51-37(5,6)7)20-30(4)33(42)47-18-19-50-55(15)27-53(13)25-52(12)26-54(14)28-55/h32-40,67-69H,18-31H2,1-17H3,(H,58,59);29-31,52-54H,16-28H2,1-15H3,(H,44,45). The van der Waals surface area contributed by atoms with Gasteiger partial charge in [-0.1, -0.05) is 131 Å². The number of carboxylic acids is 2. The second-order valence-corrected chi connectivity index (χ2v) is 79.4. The van der Waals surface area contributed by atoms with E-state index in [0.717, 1.165) is 0 Å². The quantitative estimate of drug-likeness (QED) is 0.0188. The summed E-state index contributed by atoms with van der Waals surface area (Å²) in [7, 11) is -8.06. The van der Waals surface area contributed by atoms with Crippen molar-refractivity contribution in [3.8, 4) is 0 Å². The Morgan fingerprint density at radius 1 is 0.456 bits per heavy atom. The number of hydrogen-bond acceptors (Lipinski definition) is 23. The van der Waals surface area contributed by atoms with Crippen molar-refractivity contribution in [2.24, 2.45) is 98.1 Å². The van der Waals surface area contributed by atoms with Crippen molar-refractivity contribution < 1.29 is 119 Å². The number of carbonyl (C=O) groups excluding carboxylic acids is 10. The van der Waals surface area contributed by atoms with Crippen molar-refractivity contribution in [2.45, 2.75) is 370 Å². The van der Waals surface area contributed by atoms with Crippen LogP contribution < -0.4 is 0 Å². The minimum Gasteiger partial charge on any atom is -0.481 e. The van der Waals surface area contributed by atoms with Crippen molar-refractivity contribution in [2.75, 3.05) is 39.6 Å². The summed E-state index contributed by atoms with van der Waals surface area (Å²) in [5.41, 5.74) is 0.147. The number of rotatable bonds is 43. The van der Waals surface area contributed by atoms with Gasteiger partial charge in [0.2, 0.25) is 0 Å². The first-order chi connectivity index (χ1) is 57.2. The molecule has 20 unspecified atom stereocenters. The van der Waals surface area contributed by atoms with E-state index in [1.54, 1.807) is 90.0 Å². The zero-order chi connectivity index (χ0) is 95.7. The van der Waals surface area contributed by atoms with Crippen LogP contribution >= 0.6 is 0 Å². The molecule has 2 bridgehead atoms. The molecule has 0 spiro atoms. The Morgan fingerprint density at radius 2 is 0.856 bits per heavy atom. The van der Waals surface area contributed by atoms with Crippen LogP contribution in [0.25, 0.3) is 0 Å². The maximum absolute atomic E-state index is 14.7. The van der Waals surface area contributed by atoms with Crippen molar-refractivity contribution >= 4 is 141 Å². The summed E-state index contributed by atoms with van der Waals surface area (Å²) in [6.07, 6.45) is 2.69. The molecule has 720 valence electrons. The van der Waals surface area contributed by atoms with E-state index in [1.807, 2.05) is 55.4 Å². The second kappa shape index (κ2) is 46.7. The largest absolute Gasteiger partial charge is 0.481 e. The van der Waals surface area contributed by atoms with Crippen LogP contribution in [0.5, 0.6) is 0 Å². The van der Waals surface area contributed by atoms with E-state index < -0.39 is 215 Å². The van der Waals surface area contributed by atoms with E-state index in [2.05, 4.69) is 52.4 Å². The van der Waals surface area contributed by atoms with Crippen molar-refractivity contribution in [3.63, 3.8) is 0 Å². The Morgan fingerprint density at radius 3 is 1.28 bits per heavy atom. The molecule has 2 N–H and O–H groups in total. The molecule has 2 aliphatic carbocycles. The fourth-order valence-corrected chi connectivity index (χ4v) is 88.2. The molecule has 125 heavy (non-hydrogen) atoms. The van der Waals surface area contributed by atoms with Crippen LogP contribution in [0.4, 0.5) is 0 Å². The molecule has 0 aromatic carbocycles. The minimum absolute atomic E-state index is 0.00393. The minimum atomic E-state index is -1.90. The van der Waals surface area contributed by atoms with Gasteiger partial charge in [-0.05, 0) is 240 Å². The van der Waals surface area contributed by atoms with Gasteiger partial charge >= 0.3 is 71.6 Å². The van der Waals surface area contributed by atoms with E-state index in [4.69, 9.17) is 51.5 Å². The first-order valence-electron chi connectivity index (χ1n) is 47.3. The predicted molar refractivity (Wildman–Crippen MR) is 507 cm³/mol. The Labute approximate surface area is 763 Å². The molecule has 33 heteroatoms. The smallest absolute Gasteiger partial charge is 0.318 e. The molecule has 0 radical (unpaired) electrons. The zero-order valence-corrected chi connectivity index (χ0v) is 92.2. The normalized spacial score (nSPS) is 28.8. The predicted octanol–water partition coefficient (Wildman–Crippen LogP) is 16.1. The summed E-state index contributed by atoms with van der Waals surface area (Å²) in [6.45, 7) is 62.8. The van der Waals surface area contributed by atoms with Gasteiger partial charge in [-0.2, -0.15) is 0 Å². The lowest BCUT2D eigenvalue weighted by atomic mass is 9.57. The molecule has 25 nitrogen and oxygen atoms in total. The fraction of sp³-hybridized carbons (Fsp3) is 0.870. The van der Waals surface area contributed by atoms with Crippen molar-refractivity contribution in [3.05, 3.63) is 0 Å². The van der Waals surface area contributed by atoms with E-state index in [-0.39, 0.29) is 112 Å². The molecule has 5 rings (SSSR count). The van der Waals surface area contributed by atoms with Crippen LogP contribution in [0.1, 0.15) is 250 Å². The van der Waals surface area contributed by atoms with Crippen LogP contribution in [0.3, 0.4) is 0 Å². The average molecular weight is 1900 g/mol. The zero-order valence-electron chi connectivity index (χ0n) is 83.3. The highest BCUT2D eigenvalue weighted by Gasteiger charge is 2.67. The van der Waals surface area contributed by atoms with Gasteiger partial charge < -0.3 is 61.7 Å². The summed E-state index contributed by atoms with van der Waals surface area (Å²) in [5.74, 6) is -14.9. The molecule has 5 fully saturated rings. The lowest BCUT2D eigenvalue weighted by Crippen LogP contribution is -2.52. The highest BCUT2D eigenvalue weighted by molar-refractivity contribution is 6.99. The lowest BCUT2D eigenvalue weighted by Gasteiger charge is -2.44. The third kappa shape index (κ3) is 34.2. The number of carboxylic acid groups (broad SMARTS) is 2. The number of fused-ring (bicyclic) bond motifs is 2. The number of aliphatic carboxylic acids is 2. The summed E-state index contributed by atoms with van der Waals surface area (Å²) in [5, 5.41) is 21.7. The number of ether oxygens (including phenoxy) is 9. The maximum Gasteiger partial charge on any atom is 0.318 e. The monoisotopic (exact) mass is 1900 g/mol. The number of esters is 10. The Kier molecular flexibility index (Phi) is 42.2. The molecule has 3 aliphatic heterocycles. The summed E-state index contributed by atoms with van der Waals surface area (Å²) in [4.78, 5) is 163. The molecule has 3 saturated heterocycles. The van der Waals surface area contributed by atoms with Gasteiger partial charge in [-0.15, -0.1) is 0 Å². The van der Waals surface area contributed by atoms with Crippen LogP contribution in [-0.2, 0) is 109 Å². The molecule has 0 amide bonds. The van der Waals surface area contributed by atoms with Gasteiger partial charge in [-0.25, -0.2) is 0 Å². The first kappa shape index (κ1) is 113. The second-order valence-electron chi connectivity index (χ2n) is 45.7. The fourth-order valence-electron chi connectivity index (χ4n) is 21.6. The third-order valence-electron chi connectivity index (χ3n) is 27.7. The SMILES string of the molecule is CCC(C)C(=O)OC(C)(C)CCC(C)(C)OC(=O)C(CC)CC(C)(CC(C)(C(=O)OC(C)(C)C)C1C(=O)OC(=O)C1C1C2CC(C(=O)OCCO[Si]3(C)C[SiH](C)C[SiH](C)C[SiH](C)C3)C(C2)C1C)C(=O)O.CCC(C)C(=O)OCC(C)(C)COC(=O)C(CC)CC(C)(CC(C)(CC(C)C(=O)OCCO[Si]1(C)C[SiH](C)C[SiH](C)C[SiH](C)C1)C(=O)OC(C)(C)C)C(=O)O. The molecular weight excluding hydrogens is 1730 g/mol. The molecule has 0 aromatic heterocycles. The molecular formula is C92H170O25Si8. The van der Waals surface area contributed by atoms with Crippen LogP contribution in [0.15, 0.2) is 0 Å². The first-order valence-corrected chi connectivity index (χ1v) is 69.7. The van der Waals surface area contributed by atoms with E-state index in [0.29, 0.717) is 58.2 Å². The molecule has 20 atom stereocenters. The topological polar surface area (TPSA) is 347 Å². The van der Waals surface area contributed by atoms with Gasteiger partial charge in [0.15, 0.2) is 16.6 Å². The highest BCUT2D eigenvalue weighted by Crippen LogP contribution is 2.62. The average Bonchev–Trinajstić information content (AvgIpc) is 1.57. The third-order valence-corrected chi connectivity index (χ3v) is 80.2. The molecule has 3 heterocycles. The summed E-state index contributed by atoms with van der Waals surface area (Å²) < 4.78 is 65.1. The van der Waals surface area contributed by atoms with E-state index in [9.17, 15) is 67.7 Å². The van der Waals surface area contributed by atoms with Crippen molar-refractivity contribution in [1.29, 1.82) is 0 Å². The van der Waals surface area contributed by atoms with Gasteiger partial charge in [0.05, 0.1) is 95.4 Å². The van der Waals surface area contributed by atoms with Crippen LogP contribution in [0.2, 0.25) is 97.7 Å². The van der Waals surface area contributed by atoms with E-state index >= 15 is 0 Å². The van der Waals surface area contributed by atoms with Gasteiger partial charge in [-0.3, -0.25) is 57.5 Å². The van der Waals surface area contributed by atoms with Gasteiger partial charge in [0.1, 0.15) is 35.6 Å². The molecule has 5 aliphatic rings. The van der Waals surface area contributed by atoms with Gasteiger partial charge in [0, 0.05) is 58.2 Å². The van der Waals surface area contributed by atoms with Crippen LogP contribution in [-0.4, -0.2) is 213 Å².